The molecule has 0 aliphatic carbocycles. The third kappa shape index (κ3) is 3.22. The minimum Gasteiger partial charge on any atom is -0.496 e. The van der Waals surface area contributed by atoms with Crippen LogP contribution in [0.1, 0.15) is 24.1 Å². The lowest BCUT2D eigenvalue weighted by molar-refractivity contribution is -0.143. The third-order valence-electron chi connectivity index (χ3n) is 4.12. The summed E-state index contributed by atoms with van der Waals surface area (Å²) >= 11 is 0. The topological polar surface area (TPSA) is 38.5 Å². The molecule has 1 aliphatic heterocycles. The molecule has 4 nitrogen and oxygen atoms in total. The number of rotatable bonds is 6. The number of methoxy groups -OCH3 is 1. The lowest BCUT2D eigenvalue weighted by Gasteiger charge is -2.08. The number of esters is 1. The van der Waals surface area contributed by atoms with E-state index in [1.807, 2.05) is 49.4 Å². The Morgan fingerprint density at radius 3 is 2.48 bits per heavy atom. The van der Waals surface area contributed by atoms with E-state index < -0.39 is 0 Å². The zero-order valence-electron chi connectivity index (χ0n) is 13.4. The second-order valence-corrected chi connectivity index (χ2v) is 5.54. The molecule has 0 spiro atoms. The molecule has 1 saturated heterocycles. The SMILES string of the molecule is CCOC(=O)[C@H]1[C@H](c2ccccc2OC)N1Cc1ccccc1. The Balaban J connectivity index is 1.85. The number of benzene rings is 2. The van der Waals surface area contributed by atoms with Crippen molar-refractivity contribution in [2.45, 2.75) is 25.6 Å². The maximum Gasteiger partial charge on any atom is 0.325 e. The van der Waals surface area contributed by atoms with Gasteiger partial charge in [-0.25, -0.2) is 0 Å². The first-order chi connectivity index (χ1) is 11.3. The first kappa shape index (κ1) is 15.6. The van der Waals surface area contributed by atoms with Crippen LogP contribution in [0, 0.1) is 0 Å². The van der Waals surface area contributed by atoms with E-state index >= 15 is 0 Å². The van der Waals surface area contributed by atoms with Crippen LogP contribution in [-0.4, -0.2) is 30.6 Å². The van der Waals surface area contributed by atoms with Crippen molar-refractivity contribution in [2.24, 2.45) is 0 Å². The van der Waals surface area contributed by atoms with Crippen LogP contribution in [-0.2, 0) is 16.1 Å². The molecule has 0 aromatic heterocycles. The molecule has 1 fully saturated rings. The van der Waals surface area contributed by atoms with E-state index in [9.17, 15) is 4.79 Å². The van der Waals surface area contributed by atoms with Gasteiger partial charge in [0.25, 0.3) is 0 Å². The summed E-state index contributed by atoms with van der Waals surface area (Å²) in [5.41, 5.74) is 2.21. The minimum absolute atomic E-state index is 0.00501. The molecule has 1 aliphatic rings. The molecule has 2 aromatic carbocycles. The molecule has 0 N–H and O–H groups in total. The van der Waals surface area contributed by atoms with Crippen molar-refractivity contribution in [3.05, 3.63) is 65.7 Å². The van der Waals surface area contributed by atoms with Crippen LogP contribution >= 0.6 is 0 Å². The number of para-hydroxylation sites is 1. The first-order valence-electron chi connectivity index (χ1n) is 7.85. The van der Waals surface area contributed by atoms with Crippen molar-refractivity contribution < 1.29 is 14.3 Å². The van der Waals surface area contributed by atoms with E-state index in [0.29, 0.717) is 13.2 Å². The molecule has 23 heavy (non-hydrogen) atoms. The summed E-state index contributed by atoms with van der Waals surface area (Å²) in [6, 6.07) is 17.8. The summed E-state index contributed by atoms with van der Waals surface area (Å²) in [6.45, 7) is 2.94. The fourth-order valence-electron chi connectivity index (χ4n) is 3.02. The summed E-state index contributed by atoms with van der Waals surface area (Å²) in [6.07, 6.45) is 0. The number of carbonyl (C=O) groups excluding carboxylic acids is 1. The average Bonchev–Trinajstić information content (AvgIpc) is 3.29. The smallest absolute Gasteiger partial charge is 0.325 e. The lowest BCUT2D eigenvalue weighted by atomic mass is 10.1. The number of ether oxygens (including phenoxy) is 2. The Morgan fingerprint density at radius 2 is 1.78 bits per heavy atom. The summed E-state index contributed by atoms with van der Waals surface area (Å²) < 4.78 is 10.7. The van der Waals surface area contributed by atoms with Crippen molar-refractivity contribution in [1.82, 2.24) is 4.90 Å². The largest absolute Gasteiger partial charge is 0.496 e. The molecule has 0 amide bonds. The predicted molar refractivity (Wildman–Crippen MR) is 88.1 cm³/mol. The van der Waals surface area contributed by atoms with E-state index in [1.165, 1.54) is 5.56 Å². The van der Waals surface area contributed by atoms with Crippen LogP contribution in [0.25, 0.3) is 0 Å². The van der Waals surface area contributed by atoms with Gasteiger partial charge in [0.05, 0.1) is 19.8 Å². The first-order valence-corrected chi connectivity index (χ1v) is 7.85. The van der Waals surface area contributed by atoms with Gasteiger partial charge in [-0.1, -0.05) is 48.5 Å². The standard InChI is InChI=1S/C19H21NO3/c1-3-23-19(21)18-17(15-11-7-8-12-16(15)22-2)20(18)13-14-9-5-4-6-10-14/h4-12,17-18H,3,13H2,1-2H3/t17-,18+,20?/m0/s1. The van der Waals surface area contributed by atoms with Gasteiger partial charge < -0.3 is 9.47 Å². The summed E-state index contributed by atoms with van der Waals surface area (Å²) in [4.78, 5) is 14.4. The van der Waals surface area contributed by atoms with Crippen LogP contribution in [0.3, 0.4) is 0 Å². The van der Waals surface area contributed by atoms with Gasteiger partial charge in [-0.15, -0.1) is 0 Å². The Kier molecular flexibility index (Phi) is 4.63. The molecule has 0 saturated carbocycles. The van der Waals surface area contributed by atoms with Crippen molar-refractivity contribution >= 4 is 5.97 Å². The van der Waals surface area contributed by atoms with Crippen LogP contribution in [0.15, 0.2) is 54.6 Å². The Bertz CT molecular complexity index is 671. The molecular formula is C19H21NO3. The number of hydrogen-bond acceptors (Lipinski definition) is 4. The highest BCUT2D eigenvalue weighted by Crippen LogP contribution is 2.47. The minimum atomic E-state index is -0.244. The van der Waals surface area contributed by atoms with Gasteiger partial charge in [-0.3, -0.25) is 9.69 Å². The maximum atomic E-state index is 12.3. The Labute approximate surface area is 136 Å². The van der Waals surface area contributed by atoms with Gasteiger partial charge in [-0.05, 0) is 18.6 Å². The highest BCUT2D eigenvalue weighted by atomic mass is 16.5. The fourth-order valence-corrected chi connectivity index (χ4v) is 3.02. The molecule has 120 valence electrons. The van der Waals surface area contributed by atoms with Crippen LogP contribution in [0.5, 0.6) is 5.75 Å². The van der Waals surface area contributed by atoms with E-state index in [2.05, 4.69) is 17.0 Å². The summed E-state index contributed by atoms with van der Waals surface area (Å²) in [5.74, 6) is 0.640. The van der Waals surface area contributed by atoms with Crippen molar-refractivity contribution in [3.8, 4) is 5.75 Å². The third-order valence-corrected chi connectivity index (χ3v) is 4.12. The molecular weight excluding hydrogens is 290 g/mol. The van der Waals surface area contributed by atoms with Gasteiger partial charge in [0, 0.05) is 12.1 Å². The molecule has 0 bridgehead atoms. The molecule has 4 heteroatoms. The fraction of sp³-hybridized carbons (Fsp3) is 0.316. The maximum absolute atomic E-state index is 12.3. The van der Waals surface area contributed by atoms with Gasteiger partial charge in [-0.2, -0.15) is 0 Å². The predicted octanol–water partition coefficient (Wildman–Crippen LogP) is 3.18. The quantitative estimate of drug-likeness (QED) is 0.607. The van der Waals surface area contributed by atoms with Crippen molar-refractivity contribution in [3.63, 3.8) is 0 Å². The van der Waals surface area contributed by atoms with E-state index in [0.717, 1.165) is 11.3 Å². The van der Waals surface area contributed by atoms with Gasteiger partial charge >= 0.3 is 5.97 Å². The number of carbonyl (C=O) groups is 1. The second kappa shape index (κ2) is 6.84. The lowest BCUT2D eigenvalue weighted by Crippen LogP contribution is -2.16. The molecule has 3 rings (SSSR count). The summed E-state index contributed by atoms with van der Waals surface area (Å²) in [7, 11) is 1.65. The number of nitrogens with zero attached hydrogens (tertiary/aromatic N) is 1. The van der Waals surface area contributed by atoms with E-state index in [1.54, 1.807) is 7.11 Å². The van der Waals surface area contributed by atoms with Crippen molar-refractivity contribution in [1.29, 1.82) is 0 Å². The van der Waals surface area contributed by atoms with Gasteiger partial charge in [0.1, 0.15) is 11.8 Å². The highest BCUT2D eigenvalue weighted by molar-refractivity contribution is 5.81. The molecule has 1 unspecified atom stereocenters. The molecule has 3 atom stereocenters. The van der Waals surface area contributed by atoms with Crippen LogP contribution in [0.4, 0.5) is 0 Å². The zero-order chi connectivity index (χ0) is 16.2. The van der Waals surface area contributed by atoms with Gasteiger partial charge in [0.2, 0.25) is 0 Å². The summed E-state index contributed by atoms with van der Waals surface area (Å²) in [5, 5.41) is 0. The Hall–Kier alpha value is -2.33. The molecule has 1 heterocycles. The second-order valence-electron chi connectivity index (χ2n) is 5.54. The van der Waals surface area contributed by atoms with E-state index in [-0.39, 0.29) is 18.1 Å². The molecule has 2 aromatic rings. The zero-order valence-corrected chi connectivity index (χ0v) is 13.4. The van der Waals surface area contributed by atoms with E-state index in [4.69, 9.17) is 9.47 Å². The number of hydrogen-bond donors (Lipinski definition) is 0. The van der Waals surface area contributed by atoms with Crippen LogP contribution in [0.2, 0.25) is 0 Å². The monoisotopic (exact) mass is 311 g/mol. The van der Waals surface area contributed by atoms with Crippen molar-refractivity contribution in [2.75, 3.05) is 13.7 Å². The van der Waals surface area contributed by atoms with Gasteiger partial charge in [0.15, 0.2) is 0 Å². The molecule has 0 radical (unpaired) electrons. The Morgan fingerprint density at radius 1 is 1.09 bits per heavy atom. The average molecular weight is 311 g/mol. The highest BCUT2D eigenvalue weighted by Gasteiger charge is 2.55. The normalized spacial score (nSPS) is 22.4. The van der Waals surface area contributed by atoms with Crippen LogP contribution < -0.4 is 4.74 Å².